The zero-order valence-corrected chi connectivity index (χ0v) is 14.9. The number of imidazole rings is 1. The van der Waals surface area contributed by atoms with Crippen LogP contribution in [0.4, 0.5) is 0 Å². The van der Waals surface area contributed by atoms with Crippen molar-refractivity contribution < 1.29 is 9.59 Å². The molecule has 6 heteroatoms. The second kappa shape index (κ2) is 5.61. The third-order valence-electron chi connectivity index (χ3n) is 5.42. The molecule has 2 aromatic rings. The first-order chi connectivity index (χ1) is 11.2. The molecule has 0 bridgehead atoms. The highest BCUT2D eigenvalue weighted by Crippen LogP contribution is 2.34. The molecule has 0 spiro atoms. The lowest BCUT2D eigenvalue weighted by Gasteiger charge is -2.32. The number of carbonyl (C=O) groups excluding carboxylic acids is 2. The van der Waals surface area contributed by atoms with Crippen LogP contribution in [0.1, 0.15) is 31.7 Å². The molecular formula is C18H24N4O2. The van der Waals surface area contributed by atoms with Gasteiger partial charge in [0.2, 0.25) is 11.8 Å². The molecule has 1 N–H and O–H groups in total. The van der Waals surface area contributed by atoms with Gasteiger partial charge in [-0.15, -0.1) is 0 Å². The highest BCUT2D eigenvalue weighted by molar-refractivity contribution is 5.91. The zero-order chi connectivity index (χ0) is 17.6. The van der Waals surface area contributed by atoms with Gasteiger partial charge in [-0.25, -0.2) is 4.98 Å². The van der Waals surface area contributed by atoms with E-state index < -0.39 is 5.54 Å². The Morgan fingerprint density at radius 1 is 1.38 bits per heavy atom. The van der Waals surface area contributed by atoms with E-state index in [1.807, 2.05) is 50.6 Å². The maximum absolute atomic E-state index is 12.5. The van der Waals surface area contributed by atoms with Crippen LogP contribution < -0.4 is 5.32 Å². The van der Waals surface area contributed by atoms with Gasteiger partial charge in [-0.2, -0.15) is 0 Å². The maximum atomic E-state index is 12.5. The van der Waals surface area contributed by atoms with Crippen molar-refractivity contribution in [2.75, 3.05) is 7.05 Å². The lowest BCUT2D eigenvalue weighted by molar-refractivity contribution is -0.128. The van der Waals surface area contributed by atoms with Gasteiger partial charge in [0.15, 0.2) is 0 Å². The lowest BCUT2D eigenvalue weighted by atomic mass is 9.88. The highest BCUT2D eigenvalue weighted by atomic mass is 16.2. The van der Waals surface area contributed by atoms with E-state index in [1.165, 1.54) is 0 Å². The minimum Gasteiger partial charge on any atom is -0.352 e. The molecule has 0 saturated carbocycles. The molecule has 2 amide bonds. The number of hydrogen-bond donors (Lipinski definition) is 1. The Hall–Kier alpha value is -2.37. The predicted molar refractivity (Wildman–Crippen MR) is 92.3 cm³/mol. The van der Waals surface area contributed by atoms with Crippen LogP contribution in [-0.2, 0) is 23.2 Å². The smallest absolute Gasteiger partial charge is 0.226 e. The second-order valence-electron chi connectivity index (χ2n) is 7.12. The van der Waals surface area contributed by atoms with E-state index in [1.54, 1.807) is 11.9 Å². The number of hydrogen-bond acceptors (Lipinski definition) is 3. The SMILES string of the molecule is Cc1nc2cc(CNC(=O)[C@@H]3CC(=O)N(C)C3(C)C)ccc2n1C. The van der Waals surface area contributed by atoms with Crippen molar-refractivity contribution in [1.82, 2.24) is 19.8 Å². The first-order valence-corrected chi connectivity index (χ1v) is 8.18. The Balaban J connectivity index is 1.72. The Kier molecular flexibility index (Phi) is 3.86. The number of carbonyl (C=O) groups is 2. The van der Waals surface area contributed by atoms with Gasteiger partial charge in [-0.05, 0) is 38.5 Å². The number of nitrogens with one attached hydrogen (secondary N) is 1. The van der Waals surface area contributed by atoms with Gasteiger partial charge in [0.25, 0.3) is 0 Å². The van der Waals surface area contributed by atoms with Gasteiger partial charge >= 0.3 is 0 Å². The molecule has 6 nitrogen and oxygen atoms in total. The number of fused-ring (bicyclic) bond motifs is 1. The number of aryl methyl sites for hydroxylation is 2. The van der Waals surface area contributed by atoms with Crippen LogP contribution in [0.15, 0.2) is 18.2 Å². The van der Waals surface area contributed by atoms with Gasteiger partial charge in [-0.3, -0.25) is 9.59 Å². The first-order valence-electron chi connectivity index (χ1n) is 8.18. The average Bonchev–Trinajstić information content (AvgIpc) is 2.93. The molecular weight excluding hydrogens is 304 g/mol. The fraction of sp³-hybridized carbons (Fsp3) is 0.500. The molecule has 0 aliphatic carbocycles. The summed E-state index contributed by atoms with van der Waals surface area (Å²) >= 11 is 0. The fourth-order valence-corrected chi connectivity index (χ4v) is 3.32. The van der Waals surface area contributed by atoms with E-state index in [-0.39, 0.29) is 24.2 Å². The van der Waals surface area contributed by atoms with E-state index in [4.69, 9.17) is 0 Å². The second-order valence-corrected chi connectivity index (χ2v) is 7.12. The van der Waals surface area contributed by atoms with Crippen LogP contribution in [0.5, 0.6) is 0 Å². The molecule has 24 heavy (non-hydrogen) atoms. The number of benzene rings is 1. The van der Waals surface area contributed by atoms with Crippen LogP contribution in [0.2, 0.25) is 0 Å². The van der Waals surface area contributed by atoms with Crippen LogP contribution in [0, 0.1) is 12.8 Å². The molecule has 1 fully saturated rings. The van der Waals surface area contributed by atoms with Crippen molar-refractivity contribution in [3.8, 4) is 0 Å². The van der Waals surface area contributed by atoms with Crippen molar-refractivity contribution in [2.24, 2.45) is 13.0 Å². The molecule has 1 saturated heterocycles. The summed E-state index contributed by atoms with van der Waals surface area (Å²) in [6.45, 7) is 6.28. The van der Waals surface area contributed by atoms with Crippen molar-refractivity contribution in [2.45, 2.75) is 39.3 Å². The summed E-state index contributed by atoms with van der Waals surface area (Å²) in [5.74, 6) is 0.580. The molecule has 0 unspecified atom stereocenters. The lowest BCUT2D eigenvalue weighted by Crippen LogP contribution is -2.46. The standard InChI is InChI=1S/C18H24N4O2/c1-11-20-14-8-12(6-7-15(14)21(11)4)10-19-17(24)13-9-16(23)22(5)18(13,2)3/h6-8,13H,9-10H2,1-5H3,(H,19,24)/t13-/m0/s1. The number of nitrogens with zero attached hydrogens (tertiary/aromatic N) is 3. The summed E-state index contributed by atoms with van der Waals surface area (Å²) in [5.41, 5.74) is 2.55. The first kappa shape index (κ1) is 16.5. The highest BCUT2D eigenvalue weighted by Gasteiger charge is 2.47. The van der Waals surface area contributed by atoms with E-state index >= 15 is 0 Å². The number of likely N-dealkylation sites (tertiary alicyclic amines) is 1. The van der Waals surface area contributed by atoms with Gasteiger partial charge < -0.3 is 14.8 Å². The van der Waals surface area contributed by atoms with E-state index in [0.29, 0.717) is 6.54 Å². The monoisotopic (exact) mass is 328 g/mol. The molecule has 1 aromatic heterocycles. The summed E-state index contributed by atoms with van der Waals surface area (Å²) in [7, 11) is 3.74. The molecule has 128 valence electrons. The van der Waals surface area contributed by atoms with Gasteiger partial charge in [-0.1, -0.05) is 6.07 Å². The molecule has 1 aliphatic rings. The van der Waals surface area contributed by atoms with Crippen molar-refractivity contribution in [1.29, 1.82) is 0 Å². The Labute approximate surface area is 141 Å². The Morgan fingerprint density at radius 3 is 2.71 bits per heavy atom. The largest absolute Gasteiger partial charge is 0.352 e. The third kappa shape index (κ3) is 2.56. The van der Waals surface area contributed by atoms with Gasteiger partial charge in [0, 0.05) is 32.6 Å². The molecule has 2 heterocycles. The quantitative estimate of drug-likeness (QED) is 0.933. The van der Waals surface area contributed by atoms with Crippen molar-refractivity contribution in [3.63, 3.8) is 0 Å². The topological polar surface area (TPSA) is 67.2 Å². The molecule has 1 aliphatic heterocycles. The predicted octanol–water partition coefficient (Wildman–Crippen LogP) is 1.75. The van der Waals surface area contributed by atoms with Gasteiger partial charge in [0.1, 0.15) is 5.82 Å². The molecule has 1 aromatic carbocycles. The van der Waals surface area contributed by atoms with Crippen molar-refractivity contribution in [3.05, 3.63) is 29.6 Å². The van der Waals surface area contributed by atoms with E-state index in [9.17, 15) is 9.59 Å². The maximum Gasteiger partial charge on any atom is 0.226 e. The van der Waals surface area contributed by atoms with Crippen LogP contribution in [0.25, 0.3) is 11.0 Å². The molecule has 3 rings (SSSR count). The fourth-order valence-electron chi connectivity index (χ4n) is 3.32. The van der Waals surface area contributed by atoms with Gasteiger partial charge in [0.05, 0.1) is 17.0 Å². The number of rotatable bonds is 3. The number of amides is 2. The minimum absolute atomic E-state index is 0.0190. The minimum atomic E-state index is -0.455. The van der Waals surface area contributed by atoms with E-state index in [2.05, 4.69) is 10.3 Å². The molecule has 0 radical (unpaired) electrons. The van der Waals surface area contributed by atoms with E-state index in [0.717, 1.165) is 22.4 Å². The summed E-state index contributed by atoms with van der Waals surface area (Å²) in [4.78, 5) is 30.6. The summed E-state index contributed by atoms with van der Waals surface area (Å²) < 4.78 is 2.04. The van der Waals surface area contributed by atoms with Crippen molar-refractivity contribution >= 4 is 22.8 Å². The third-order valence-corrected chi connectivity index (χ3v) is 5.42. The van der Waals surface area contributed by atoms with Crippen LogP contribution in [0.3, 0.4) is 0 Å². The normalized spacial score (nSPS) is 20.0. The Bertz CT molecular complexity index is 822. The molecule has 1 atom stereocenters. The summed E-state index contributed by atoms with van der Waals surface area (Å²) in [5, 5.41) is 2.97. The van der Waals surface area contributed by atoms with Crippen LogP contribution in [-0.4, -0.2) is 38.9 Å². The summed E-state index contributed by atoms with van der Waals surface area (Å²) in [6.07, 6.45) is 0.272. The zero-order valence-electron chi connectivity index (χ0n) is 14.9. The summed E-state index contributed by atoms with van der Waals surface area (Å²) in [6, 6.07) is 6.02. The number of aromatic nitrogens is 2. The van der Waals surface area contributed by atoms with Crippen LogP contribution >= 0.6 is 0 Å². The Morgan fingerprint density at radius 2 is 2.08 bits per heavy atom. The average molecular weight is 328 g/mol.